The Kier molecular flexibility index (Phi) is 1.59. The lowest BCUT2D eigenvalue weighted by molar-refractivity contribution is -0.140. The van der Waals surface area contributed by atoms with Crippen LogP contribution in [0.15, 0.2) is 6.20 Å². The molecule has 1 aromatic heterocycles. The molecular weight excluding hydrogens is 182 g/mol. The first-order chi connectivity index (χ1) is 6.84. The summed E-state index contributed by atoms with van der Waals surface area (Å²) in [4.78, 5) is 11.3. The van der Waals surface area contributed by atoms with Crippen molar-refractivity contribution < 1.29 is 9.53 Å². The van der Waals surface area contributed by atoms with Gasteiger partial charge in [0.2, 0.25) is 0 Å². The molecule has 0 radical (unpaired) electrons. The van der Waals surface area contributed by atoms with Gasteiger partial charge in [0.05, 0.1) is 12.3 Å². The summed E-state index contributed by atoms with van der Waals surface area (Å²) in [5, 5.41) is 8.04. The van der Waals surface area contributed by atoms with Crippen molar-refractivity contribution in [1.82, 2.24) is 15.0 Å². The van der Waals surface area contributed by atoms with Crippen LogP contribution in [0.5, 0.6) is 0 Å². The predicted octanol–water partition coefficient (Wildman–Crippen LogP) is 0.643. The molecule has 0 N–H and O–H groups in total. The maximum absolute atomic E-state index is 11.3. The van der Waals surface area contributed by atoms with Crippen molar-refractivity contribution in [2.75, 3.05) is 6.61 Å². The zero-order valence-corrected chi connectivity index (χ0v) is 7.72. The topological polar surface area (TPSA) is 57.0 Å². The Morgan fingerprint density at radius 2 is 2.29 bits per heavy atom. The number of aromatic nitrogens is 3. The van der Waals surface area contributed by atoms with Crippen LogP contribution in [0.25, 0.3) is 0 Å². The summed E-state index contributed by atoms with van der Waals surface area (Å²) in [5.74, 6) is 0.401. The first-order valence-electron chi connectivity index (χ1n) is 4.93. The average molecular weight is 193 g/mol. The van der Waals surface area contributed by atoms with Crippen LogP contribution in [0.4, 0.5) is 0 Å². The second-order valence-electron chi connectivity index (χ2n) is 3.87. The van der Waals surface area contributed by atoms with Gasteiger partial charge in [0.15, 0.2) is 6.04 Å². The van der Waals surface area contributed by atoms with Crippen molar-refractivity contribution in [2.45, 2.75) is 31.2 Å². The molecule has 0 aromatic carbocycles. The van der Waals surface area contributed by atoms with E-state index in [2.05, 4.69) is 10.3 Å². The molecule has 0 amide bonds. The maximum atomic E-state index is 11.3. The van der Waals surface area contributed by atoms with Crippen molar-refractivity contribution in [3.8, 4) is 0 Å². The first kappa shape index (κ1) is 7.96. The molecule has 1 saturated heterocycles. The monoisotopic (exact) mass is 193 g/mol. The van der Waals surface area contributed by atoms with Crippen molar-refractivity contribution >= 4 is 5.97 Å². The summed E-state index contributed by atoms with van der Waals surface area (Å²) in [6, 6.07) is -0.241. The smallest absolute Gasteiger partial charge is 0.331 e. The van der Waals surface area contributed by atoms with Crippen molar-refractivity contribution in [1.29, 1.82) is 0 Å². The minimum atomic E-state index is -0.241. The van der Waals surface area contributed by atoms with Crippen LogP contribution < -0.4 is 0 Å². The van der Waals surface area contributed by atoms with Crippen LogP contribution in [-0.4, -0.2) is 27.6 Å². The number of cyclic esters (lactones) is 1. The van der Waals surface area contributed by atoms with E-state index in [9.17, 15) is 4.79 Å². The van der Waals surface area contributed by atoms with Crippen LogP contribution in [0.3, 0.4) is 0 Å². The molecule has 3 rings (SSSR count). The Morgan fingerprint density at radius 1 is 1.43 bits per heavy atom. The number of hydrogen-bond acceptors (Lipinski definition) is 4. The Morgan fingerprint density at radius 3 is 2.93 bits per heavy atom. The van der Waals surface area contributed by atoms with Gasteiger partial charge in [-0.2, -0.15) is 0 Å². The molecule has 2 aliphatic rings. The van der Waals surface area contributed by atoms with Crippen molar-refractivity contribution in [3.63, 3.8) is 0 Å². The minimum Gasteiger partial charge on any atom is -0.464 e. The number of carbonyl (C=O) groups excluding carboxylic acids is 1. The fraction of sp³-hybridized carbons (Fsp3) is 0.667. The highest BCUT2D eigenvalue weighted by Gasteiger charge is 2.32. The maximum Gasteiger partial charge on any atom is 0.331 e. The molecule has 0 bridgehead atoms. The average Bonchev–Trinajstić information content (AvgIpc) is 2.75. The van der Waals surface area contributed by atoms with Gasteiger partial charge in [-0.15, -0.1) is 5.10 Å². The summed E-state index contributed by atoms with van der Waals surface area (Å²) < 4.78 is 6.52. The molecule has 74 valence electrons. The summed E-state index contributed by atoms with van der Waals surface area (Å²) in [6.45, 7) is 0.502. The molecule has 5 heteroatoms. The normalized spacial score (nSPS) is 26.6. The van der Waals surface area contributed by atoms with E-state index >= 15 is 0 Å². The fourth-order valence-corrected chi connectivity index (χ4v) is 1.73. The second kappa shape index (κ2) is 2.80. The molecule has 1 atom stereocenters. The van der Waals surface area contributed by atoms with Crippen molar-refractivity contribution in [2.24, 2.45) is 0 Å². The van der Waals surface area contributed by atoms with E-state index in [-0.39, 0.29) is 12.0 Å². The highest BCUT2D eigenvalue weighted by molar-refractivity contribution is 5.75. The summed E-state index contributed by atoms with van der Waals surface area (Å²) in [7, 11) is 0. The third kappa shape index (κ3) is 1.20. The van der Waals surface area contributed by atoms with Crippen LogP contribution in [0.2, 0.25) is 0 Å². The van der Waals surface area contributed by atoms with Crippen LogP contribution >= 0.6 is 0 Å². The summed E-state index contributed by atoms with van der Waals surface area (Å²) in [5.41, 5.74) is 1.02. The number of esters is 1. The zero-order valence-electron chi connectivity index (χ0n) is 7.72. The van der Waals surface area contributed by atoms with Gasteiger partial charge in [0.1, 0.15) is 0 Å². The number of rotatable bonds is 2. The van der Waals surface area contributed by atoms with Gasteiger partial charge in [-0.05, 0) is 12.8 Å². The van der Waals surface area contributed by atoms with E-state index in [4.69, 9.17) is 4.74 Å². The van der Waals surface area contributed by atoms with Gasteiger partial charge < -0.3 is 4.74 Å². The van der Waals surface area contributed by atoms with Gasteiger partial charge >= 0.3 is 5.97 Å². The molecule has 1 saturated carbocycles. The number of hydrogen-bond donors (Lipinski definition) is 0. The molecule has 5 nitrogen and oxygen atoms in total. The van der Waals surface area contributed by atoms with Gasteiger partial charge in [0.25, 0.3) is 0 Å². The lowest BCUT2D eigenvalue weighted by Gasteiger charge is -2.02. The number of ether oxygens (including phenoxy) is 1. The molecule has 1 aliphatic carbocycles. The molecule has 1 aliphatic heterocycles. The molecule has 2 fully saturated rings. The van der Waals surface area contributed by atoms with Gasteiger partial charge in [0, 0.05) is 18.5 Å². The Bertz CT molecular complexity index is 370. The van der Waals surface area contributed by atoms with E-state index < -0.39 is 0 Å². The van der Waals surface area contributed by atoms with Gasteiger partial charge in [-0.3, -0.25) is 0 Å². The summed E-state index contributed by atoms with van der Waals surface area (Å²) >= 11 is 0. The molecule has 0 spiro atoms. The van der Waals surface area contributed by atoms with Crippen LogP contribution in [0.1, 0.15) is 36.9 Å². The second-order valence-corrected chi connectivity index (χ2v) is 3.87. The fourth-order valence-electron chi connectivity index (χ4n) is 1.73. The number of nitrogens with zero attached hydrogens (tertiary/aromatic N) is 3. The molecule has 14 heavy (non-hydrogen) atoms. The van der Waals surface area contributed by atoms with Crippen molar-refractivity contribution in [3.05, 3.63) is 11.9 Å². The van der Waals surface area contributed by atoms with E-state index in [0.717, 1.165) is 5.69 Å². The standard InChI is InChI=1S/C9H11N3O2/c13-9-8(3-4-14-9)12-5-7(10-11-12)6-1-2-6/h5-6,8H,1-4H2. The largest absolute Gasteiger partial charge is 0.464 e. The lowest BCUT2D eigenvalue weighted by Crippen LogP contribution is -2.14. The zero-order chi connectivity index (χ0) is 9.54. The predicted molar refractivity (Wildman–Crippen MR) is 46.6 cm³/mol. The molecule has 1 aromatic rings. The van der Waals surface area contributed by atoms with E-state index in [1.165, 1.54) is 12.8 Å². The van der Waals surface area contributed by atoms with E-state index in [1.54, 1.807) is 4.68 Å². The third-order valence-electron chi connectivity index (χ3n) is 2.75. The first-order valence-corrected chi connectivity index (χ1v) is 4.93. The third-order valence-corrected chi connectivity index (χ3v) is 2.75. The highest BCUT2D eigenvalue weighted by Crippen LogP contribution is 2.39. The molecular formula is C9H11N3O2. The molecule has 2 heterocycles. The minimum absolute atomic E-state index is 0.183. The van der Waals surface area contributed by atoms with Gasteiger partial charge in [-0.1, -0.05) is 5.21 Å². The Balaban J connectivity index is 1.84. The highest BCUT2D eigenvalue weighted by atomic mass is 16.5. The SMILES string of the molecule is O=C1OCCC1n1cc(C2CC2)nn1. The van der Waals surface area contributed by atoms with Crippen LogP contribution in [0, 0.1) is 0 Å². The van der Waals surface area contributed by atoms with Gasteiger partial charge in [-0.25, -0.2) is 9.48 Å². The van der Waals surface area contributed by atoms with E-state index in [0.29, 0.717) is 18.9 Å². The lowest BCUT2D eigenvalue weighted by atomic mass is 10.2. The quantitative estimate of drug-likeness (QED) is 0.647. The Labute approximate surface area is 81.0 Å². The molecule has 1 unspecified atom stereocenters. The Hall–Kier alpha value is -1.39. The van der Waals surface area contributed by atoms with Crippen LogP contribution in [-0.2, 0) is 9.53 Å². The van der Waals surface area contributed by atoms with E-state index in [1.807, 2.05) is 6.20 Å². The summed E-state index contributed by atoms with van der Waals surface area (Å²) in [6.07, 6.45) is 5.00. The number of carbonyl (C=O) groups is 1.